The molecule has 0 heterocycles. The summed E-state index contributed by atoms with van der Waals surface area (Å²) in [6.45, 7) is 0. The minimum absolute atomic E-state index is 0.173. The van der Waals surface area contributed by atoms with Gasteiger partial charge in [-0.1, -0.05) is 0 Å². The Morgan fingerprint density at radius 3 is 2.55 bits per heavy atom. The molecule has 0 bridgehead atoms. The van der Waals surface area contributed by atoms with Crippen molar-refractivity contribution >= 4 is 5.69 Å². The van der Waals surface area contributed by atoms with E-state index in [1.165, 1.54) is 12.1 Å². The van der Waals surface area contributed by atoms with Crippen molar-refractivity contribution < 1.29 is 9.50 Å². The molecule has 0 aromatic heterocycles. The highest BCUT2D eigenvalue weighted by molar-refractivity contribution is 5.48. The normalized spacial score (nSPS) is 9.73. The predicted octanol–water partition coefficient (Wildman–Crippen LogP) is 1.40. The quantitative estimate of drug-likeness (QED) is 0.660. The average Bonchev–Trinajstić information content (AvgIpc) is 1.85. The van der Waals surface area contributed by atoms with Crippen molar-refractivity contribution in [3.63, 3.8) is 0 Å². The van der Waals surface area contributed by atoms with Gasteiger partial charge in [0.2, 0.25) is 0 Å². The Kier molecular flexibility index (Phi) is 1.98. The van der Waals surface area contributed by atoms with E-state index in [4.69, 9.17) is 5.11 Å². The first-order valence-electron chi connectivity index (χ1n) is 3.19. The lowest BCUT2D eigenvalue weighted by molar-refractivity contribution is 0.467. The molecule has 0 aliphatic heterocycles. The van der Waals surface area contributed by atoms with Gasteiger partial charge in [0.1, 0.15) is 5.75 Å². The predicted molar refractivity (Wildman–Crippen MR) is 41.2 cm³/mol. The van der Waals surface area contributed by atoms with E-state index in [2.05, 4.69) is 6.07 Å². The van der Waals surface area contributed by atoms with Gasteiger partial charge in [0.05, 0.1) is 11.8 Å². The summed E-state index contributed by atoms with van der Waals surface area (Å²) < 4.78 is 12.8. The van der Waals surface area contributed by atoms with E-state index in [-0.39, 0.29) is 5.75 Å². The lowest BCUT2D eigenvalue weighted by Crippen LogP contribution is -2.10. The fraction of sp³-hybridized carbons (Fsp3) is 0.250. The highest BCUT2D eigenvalue weighted by Gasteiger charge is 2.03. The van der Waals surface area contributed by atoms with Gasteiger partial charge in [-0.15, -0.1) is 0 Å². The Morgan fingerprint density at radius 2 is 2.09 bits per heavy atom. The van der Waals surface area contributed by atoms with E-state index in [1.807, 2.05) is 0 Å². The van der Waals surface area contributed by atoms with Crippen LogP contribution in [-0.4, -0.2) is 19.2 Å². The monoisotopic (exact) mass is 154 g/mol. The van der Waals surface area contributed by atoms with Crippen LogP contribution in [0.2, 0.25) is 0 Å². The number of aromatic hydroxyl groups is 1. The van der Waals surface area contributed by atoms with Gasteiger partial charge in [0.25, 0.3) is 0 Å². The average molecular weight is 154 g/mol. The molecule has 1 radical (unpaired) electrons. The summed E-state index contributed by atoms with van der Waals surface area (Å²) in [5, 5.41) is 8.81. The summed E-state index contributed by atoms with van der Waals surface area (Å²) in [6.07, 6.45) is 0. The molecule has 1 aromatic rings. The number of phenols is 1. The first-order valence-corrected chi connectivity index (χ1v) is 3.19. The summed E-state index contributed by atoms with van der Waals surface area (Å²) in [4.78, 5) is 1.62. The molecule has 0 saturated carbocycles. The molecule has 0 aliphatic rings. The Balaban J connectivity index is 3.09. The van der Waals surface area contributed by atoms with Crippen molar-refractivity contribution in [3.05, 3.63) is 24.0 Å². The van der Waals surface area contributed by atoms with Crippen molar-refractivity contribution in [3.8, 4) is 5.75 Å². The maximum atomic E-state index is 12.8. The summed E-state index contributed by atoms with van der Waals surface area (Å²) in [5.74, 6) is -0.705. The molecule has 3 heteroatoms. The van der Waals surface area contributed by atoms with E-state index in [1.54, 1.807) is 19.0 Å². The number of phenolic OH excluding ortho intramolecular Hbond substituents is 1. The lowest BCUT2D eigenvalue weighted by Gasteiger charge is -2.12. The van der Waals surface area contributed by atoms with Crippen LogP contribution in [0.15, 0.2) is 12.1 Å². The molecule has 0 unspecified atom stereocenters. The van der Waals surface area contributed by atoms with Crippen molar-refractivity contribution in [2.75, 3.05) is 19.0 Å². The highest BCUT2D eigenvalue weighted by atomic mass is 19.1. The van der Waals surface area contributed by atoms with Crippen LogP contribution < -0.4 is 4.90 Å². The van der Waals surface area contributed by atoms with Gasteiger partial charge in [0.15, 0.2) is 5.82 Å². The zero-order valence-electron chi connectivity index (χ0n) is 6.43. The molecule has 1 N–H and O–H groups in total. The first-order chi connectivity index (χ1) is 5.11. The van der Waals surface area contributed by atoms with Crippen LogP contribution in [0, 0.1) is 11.9 Å². The third-order valence-corrected chi connectivity index (χ3v) is 1.34. The van der Waals surface area contributed by atoms with Gasteiger partial charge in [-0.25, -0.2) is 4.39 Å². The van der Waals surface area contributed by atoms with Crippen molar-refractivity contribution in [1.82, 2.24) is 0 Å². The molecule has 0 fully saturated rings. The number of hydrogen-bond acceptors (Lipinski definition) is 2. The summed E-state index contributed by atoms with van der Waals surface area (Å²) >= 11 is 0. The molecular weight excluding hydrogens is 145 g/mol. The van der Waals surface area contributed by atoms with E-state index in [9.17, 15) is 4.39 Å². The first kappa shape index (κ1) is 7.85. The molecular formula is C8H9FNO. The van der Waals surface area contributed by atoms with Gasteiger partial charge in [-0.3, -0.25) is 0 Å². The van der Waals surface area contributed by atoms with Crippen molar-refractivity contribution in [1.29, 1.82) is 0 Å². The molecule has 0 amide bonds. The maximum absolute atomic E-state index is 12.8. The maximum Gasteiger partial charge on any atom is 0.158 e. The fourth-order valence-electron chi connectivity index (χ4n) is 0.795. The van der Waals surface area contributed by atoms with Crippen LogP contribution in [0.25, 0.3) is 0 Å². The van der Waals surface area contributed by atoms with Crippen LogP contribution >= 0.6 is 0 Å². The Hall–Kier alpha value is -1.25. The Morgan fingerprint density at radius 1 is 1.45 bits per heavy atom. The van der Waals surface area contributed by atoms with Gasteiger partial charge in [-0.2, -0.15) is 0 Å². The molecule has 0 spiro atoms. The molecule has 0 atom stereocenters. The topological polar surface area (TPSA) is 23.5 Å². The number of halogens is 1. The second-order valence-corrected chi connectivity index (χ2v) is 2.44. The lowest BCUT2D eigenvalue weighted by atomic mass is 10.3. The SMILES string of the molecule is CN(C)c1ccc(O)[c]c1F. The third-order valence-electron chi connectivity index (χ3n) is 1.34. The van der Waals surface area contributed by atoms with E-state index in [0.29, 0.717) is 5.69 Å². The van der Waals surface area contributed by atoms with Crippen LogP contribution in [-0.2, 0) is 0 Å². The molecule has 0 aliphatic carbocycles. The zero-order valence-corrected chi connectivity index (χ0v) is 6.43. The number of nitrogens with zero attached hydrogens (tertiary/aromatic N) is 1. The summed E-state index contributed by atoms with van der Waals surface area (Å²) in [5.41, 5.74) is 0.419. The molecule has 2 nitrogen and oxygen atoms in total. The highest BCUT2D eigenvalue weighted by Crippen LogP contribution is 2.20. The number of anilines is 1. The standard InChI is InChI=1S/C8H9FNO/c1-10(2)8-4-3-6(11)5-7(8)9/h3-4,11H,1-2H3. The van der Waals surface area contributed by atoms with E-state index < -0.39 is 5.82 Å². The van der Waals surface area contributed by atoms with Gasteiger partial charge in [0, 0.05) is 14.1 Å². The molecule has 0 saturated heterocycles. The van der Waals surface area contributed by atoms with Crippen molar-refractivity contribution in [2.45, 2.75) is 0 Å². The van der Waals surface area contributed by atoms with E-state index >= 15 is 0 Å². The summed E-state index contributed by atoms with van der Waals surface area (Å²) in [6, 6.07) is 5.07. The molecule has 1 aromatic carbocycles. The second-order valence-electron chi connectivity index (χ2n) is 2.44. The third kappa shape index (κ3) is 1.61. The van der Waals surface area contributed by atoms with Crippen LogP contribution in [0.4, 0.5) is 10.1 Å². The minimum atomic E-state index is -0.532. The Labute approximate surface area is 64.9 Å². The van der Waals surface area contributed by atoms with Gasteiger partial charge >= 0.3 is 0 Å². The zero-order chi connectivity index (χ0) is 8.43. The largest absolute Gasteiger partial charge is 0.507 e. The van der Waals surface area contributed by atoms with Gasteiger partial charge < -0.3 is 10.0 Å². The molecule has 1 rings (SSSR count). The molecule has 11 heavy (non-hydrogen) atoms. The fourth-order valence-corrected chi connectivity index (χ4v) is 0.795. The van der Waals surface area contributed by atoms with Crippen molar-refractivity contribution in [2.24, 2.45) is 0 Å². The smallest absolute Gasteiger partial charge is 0.158 e. The Bertz CT molecular complexity index is 260. The number of hydrogen-bond donors (Lipinski definition) is 1. The molecule has 59 valence electrons. The summed E-state index contributed by atoms with van der Waals surface area (Å²) in [7, 11) is 3.45. The number of benzene rings is 1. The van der Waals surface area contributed by atoms with Crippen LogP contribution in [0.3, 0.4) is 0 Å². The second kappa shape index (κ2) is 2.78. The minimum Gasteiger partial charge on any atom is -0.507 e. The van der Waals surface area contributed by atoms with E-state index in [0.717, 1.165) is 0 Å². The number of rotatable bonds is 1. The van der Waals surface area contributed by atoms with Crippen LogP contribution in [0.5, 0.6) is 5.75 Å². The van der Waals surface area contributed by atoms with Gasteiger partial charge in [-0.05, 0) is 12.1 Å². The van der Waals surface area contributed by atoms with Crippen LogP contribution in [0.1, 0.15) is 0 Å².